The predicted molar refractivity (Wildman–Crippen MR) is 108 cm³/mol. The molecule has 0 saturated carbocycles. The number of rotatable bonds is 5. The van der Waals surface area contributed by atoms with Crippen LogP contribution in [0.3, 0.4) is 0 Å². The number of piperazine rings is 1. The van der Waals surface area contributed by atoms with Crippen LogP contribution in [0.4, 0.5) is 0 Å². The molecule has 0 bridgehead atoms. The summed E-state index contributed by atoms with van der Waals surface area (Å²) in [7, 11) is 0. The van der Waals surface area contributed by atoms with Gasteiger partial charge in [0, 0.05) is 39.1 Å². The molecule has 0 aliphatic carbocycles. The second-order valence-electron chi connectivity index (χ2n) is 7.92. The molecular formula is C22H26N4O3. The van der Waals surface area contributed by atoms with E-state index in [0.717, 1.165) is 68.6 Å². The van der Waals surface area contributed by atoms with Gasteiger partial charge in [-0.1, -0.05) is 12.1 Å². The number of hydrogen-bond donors (Lipinski definition) is 0. The Morgan fingerprint density at radius 3 is 2.48 bits per heavy atom. The molecule has 2 aromatic heterocycles. The molecule has 0 unspecified atom stereocenters. The number of aryl methyl sites for hydroxylation is 2. The topological polar surface area (TPSA) is 67.8 Å². The van der Waals surface area contributed by atoms with Crippen molar-refractivity contribution >= 4 is 0 Å². The van der Waals surface area contributed by atoms with Crippen LogP contribution < -0.4 is 4.74 Å². The summed E-state index contributed by atoms with van der Waals surface area (Å²) < 4.78 is 17.1. The van der Waals surface area contributed by atoms with Crippen molar-refractivity contribution in [2.24, 2.45) is 0 Å². The second kappa shape index (κ2) is 7.65. The molecule has 1 saturated heterocycles. The maximum absolute atomic E-state index is 5.88. The van der Waals surface area contributed by atoms with Crippen LogP contribution in [0, 0.1) is 13.8 Å². The fourth-order valence-corrected chi connectivity index (χ4v) is 4.16. The summed E-state index contributed by atoms with van der Waals surface area (Å²) in [5.74, 6) is 3.91. The van der Waals surface area contributed by atoms with Crippen LogP contribution in [0.1, 0.15) is 28.5 Å². The van der Waals surface area contributed by atoms with Crippen molar-refractivity contribution in [3.05, 3.63) is 52.8 Å². The van der Waals surface area contributed by atoms with E-state index in [0.29, 0.717) is 18.3 Å². The first-order chi connectivity index (χ1) is 14.1. The molecule has 2 aliphatic heterocycles. The van der Waals surface area contributed by atoms with Crippen molar-refractivity contribution in [2.45, 2.75) is 33.4 Å². The van der Waals surface area contributed by atoms with Gasteiger partial charge in [-0.3, -0.25) is 9.80 Å². The molecule has 0 amide bonds. The number of aromatic nitrogens is 2. The quantitative estimate of drug-likeness (QED) is 0.658. The van der Waals surface area contributed by atoms with Gasteiger partial charge in [-0.05, 0) is 37.1 Å². The minimum absolute atomic E-state index is 0.536. The van der Waals surface area contributed by atoms with Crippen molar-refractivity contribution in [3.8, 4) is 17.2 Å². The lowest BCUT2D eigenvalue weighted by Crippen LogP contribution is -2.45. The number of fused-ring (bicyclic) bond motifs is 1. The van der Waals surface area contributed by atoms with E-state index in [-0.39, 0.29) is 0 Å². The Morgan fingerprint density at radius 1 is 0.931 bits per heavy atom. The molecule has 0 N–H and O–H groups in total. The van der Waals surface area contributed by atoms with Gasteiger partial charge in [-0.15, -0.1) is 10.2 Å². The van der Waals surface area contributed by atoms with Crippen molar-refractivity contribution in [1.82, 2.24) is 20.0 Å². The summed E-state index contributed by atoms with van der Waals surface area (Å²) in [6, 6.07) is 8.55. The van der Waals surface area contributed by atoms with E-state index in [2.05, 4.69) is 38.2 Å². The summed E-state index contributed by atoms with van der Waals surface area (Å²) >= 11 is 0. The Balaban J connectivity index is 1.15. The number of benzene rings is 1. The van der Waals surface area contributed by atoms with Crippen LogP contribution in [0.25, 0.3) is 11.5 Å². The third kappa shape index (κ3) is 3.93. The Kier molecular flexibility index (Phi) is 4.85. The zero-order chi connectivity index (χ0) is 19.8. The monoisotopic (exact) mass is 394 g/mol. The number of hydrogen-bond acceptors (Lipinski definition) is 7. The normalized spacial score (nSPS) is 17.4. The molecule has 5 rings (SSSR count). The maximum Gasteiger partial charge on any atom is 0.251 e. The van der Waals surface area contributed by atoms with Gasteiger partial charge in [0.05, 0.1) is 18.7 Å². The first-order valence-electron chi connectivity index (χ1n) is 10.2. The van der Waals surface area contributed by atoms with E-state index < -0.39 is 0 Å². The van der Waals surface area contributed by atoms with Crippen molar-refractivity contribution < 1.29 is 13.6 Å². The number of nitrogens with zero attached hydrogens (tertiary/aromatic N) is 4. The highest BCUT2D eigenvalue weighted by atomic mass is 16.5. The van der Waals surface area contributed by atoms with Gasteiger partial charge < -0.3 is 13.6 Å². The molecule has 29 heavy (non-hydrogen) atoms. The van der Waals surface area contributed by atoms with Crippen molar-refractivity contribution in [1.29, 1.82) is 0 Å². The highest BCUT2D eigenvalue weighted by Gasteiger charge is 2.21. The SMILES string of the molecule is Cc1cc(-c2nnc(CN3CCN(Cc4ccc5c(c4)CCO5)CC3)o2)c(C)o1. The van der Waals surface area contributed by atoms with Crippen LogP contribution >= 0.6 is 0 Å². The lowest BCUT2D eigenvalue weighted by atomic mass is 10.1. The maximum atomic E-state index is 5.88. The Morgan fingerprint density at radius 2 is 1.72 bits per heavy atom. The molecular weight excluding hydrogens is 368 g/mol. The third-order valence-electron chi connectivity index (χ3n) is 5.72. The lowest BCUT2D eigenvalue weighted by molar-refractivity contribution is 0.114. The largest absolute Gasteiger partial charge is 0.493 e. The molecule has 0 atom stereocenters. The summed E-state index contributed by atoms with van der Waals surface area (Å²) in [6.45, 7) is 10.4. The van der Waals surface area contributed by atoms with Gasteiger partial charge in [0.25, 0.3) is 5.89 Å². The first kappa shape index (κ1) is 18.4. The van der Waals surface area contributed by atoms with Crippen molar-refractivity contribution in [3.63, 3.8) is 0 Å². The van der Waals surface area contributed by atoms with Crippen molar-refractivity contribution in [2.75, 3.05) is 32.8 Å². The molecule has 2 aliphatic rings. The zero-order valence-electron chi connectivity index (χ0n) is 17.0. The van der Waals surface area contributed by atoms with Crippen LogP contribution in [-0.4, -0.2) is 52.8 Å². The molecule has 7 nitrogen and oxygen atoms in total. The Labute approximate surface area is 170 Å². The summed E-state index contributed by atoms with van der Waals surface area (Å²) in [5, 5.41) is 8.43. The molecule has 1 fully saturated rings. The molecule has 4 heterocycles. The summed E-state index contributed by atoms with van der Waals surface area (Å²) in [6.07, 6.45) is 1.03. The molecule has 0 radical (unpaired) electrons. The minimum atomic E-state index is 0.536. The van der Waals surface area contributed by atoms with Crippen LogP contribution in [0.2, 0.25) is 0 Å². The first-order valence-corrected chi connectivity index (χ1v) is 10.2. The number of furan rings is 1. The van der Waals surface area contributed by atoms with Gasteiger partial charge in [0.2, 0.25) is 5.89 Å². The summed E-state index contributed by atoms with van der Waals surface area (Å²) in [5.41, 5.74) is 3.59. The zero-order valence-corrected chi connectivity index (χ0v) is 17.0. The predicted octanol–water partition coefficient (Wildman–Crippen LogP) is 3.20. The van der Waals surface area contributed by atoms with E-state index in [9.17, 15) is 0 Å². The van der Waals surface area contributed by atoms with Gasteiger partial charge in [-0.25, -0.2) is 0 Å². The van der Waals surface area contributed by atoms with Gasteiger partial charge in [0.1, 0.15) is 17.3 Å². The fourth-order valence-electron chi connectivity index (χ4n) is 4.16. The number of ether oxygens (including phenoxy) is 1. The van der Waals surface area contributed by atoms with E-state index in [1.54, 1.807) is 0 Å². The Hall–Kier alpha value is -2.64. The second-order valence-corrected chi connectivity index (χ2v) is 7.92. The van der Waals surface area contributed by atoms with E-state index >= 15 is 0 Å². The standard InChI is InChI=1S/C22H26N4O3/c1-15-11-19(16(2)28-15)22-24-23-21(29-22)14-26-8-6-25(7-9-26)13-17-3-4-20-18(12-17)5-10-27-20/h3-4,11-12H,5-10,13-14H2,1-2H3. The molecule has 0 spiro atoms. The average molecular weight is 394 g/mol. The van der Waals surface area contributed by atoms with Gasteiger partial charge >= 0.3 is 0 Å². The van der Waals surface area contributed by atoms with Crippen LogP contribution in [0.5, 0.6) is 5.75 Å². The van der Waals surface area contributed by atoms with E-state index in [4.69, 9.17) is 13.6 Å². The van der Waals surface area contributed by atoms with Gasteiger partial charge in [-0.2, -0.15) is 0 Å². The lowest BCUT2D eigenvalue weighted by Gasteiger charge is -2.34. The smallest absolute Gasteiger partial charge is 0.251 e. The Bertz CT molecular complexity index is 1000. The molecule has 3 aromatic rings. The summed E-state index contributed by atoms with van der Waals surface area (Å²) in [4.78, 5) is 4.88. The van der Waals surface area contributed by atoms with Crippen LogP contribution in [-0.2, 0) is 19.5 Å². The highest BCUT2D eigenvalue weighted by molar-refractivity contribution is 5.55. The van der Waals surface area contributed by atoms with Crippen LogP contribution in [0.15, 0.2) is 33.1 Å². The molecule has 152 valence electrons. The average Bonchev–Trinajstić information content (AvgIpc) is 3.43. The van der Waals surface area contributed by atoms with E-state index in [1.807, 2.05) is 19.9 Å². The van der Waals surface area contributed by atoms with Gasteiger partial charge in [0.15, 0.2) is 0 Å². The van der Waals surface area contributed by atoms with E-state index in [1.165, 1.54) is 11.1 Å². The minimum Gasteiger partial charge on any atom is -0.493 e. The fraction of sp³-hybridized carbons (Fsp3) is 0.455. The third-order valence-corrected chi connectivity index (χ3v) is 5.72. The molecule has 1 aromatic carbocycles. The highest BCUT2D eigenvalue weighted by Crippen LogP contribution is 2.27. The molecule has 7 heteroatoms.